The molecule has 2 aromatic carbocycles. The molecule has 1 aliphatic rings. The second-order valence-corrected chi connectivity index (χ2v) is 6.92. The Labute approximate surface area is 153 Å². The Kier molecular flexibility index (Phi) is 5.06. The predicted octanol–water partition coefficient (Wildman–Crippen LogP) is 4.39. The summed E-state index contributed by atoms with van der Waals surface area (Å²) in [5, 5.41) is 12.0. The highest BCUT2D eigenvalue weighted by atomic mass is 35.5. The normalized spacial score (nSPS) is 16.4. The highest BCUT2D eigenvalue weighted by molar-refractivity contribution is 8.14. The fraction of sp³-hybridized carbons (Fsp3) is 0.176. The molecule has 0 spiro atoms. The first kappa shape index (κ1) is 17.4. The molecule has 128 valence electrons. The van der Waals surface area contributed by atoms with Crippen molar-refractivity contribution >= 4 is 45.8 Å². The van der Waals surface area contributed by atoms with Crippen LogP contribution in [0.3, 0.4) is 0 Å². The molecule has 1 heterocycles. The number of hydrogen-bond acceptors (Lipinski definition) is 5. The van der Waals surface area contributed by atoms with Crippen LogP contribution >= 0.6 is 23.4 Å². The number of nitro groups is 1. The van der Waals surface area contributed by atoms with Crippen molar-refractivity contribution in [2.24, 2.45) is 4.99 Å². The third-order valence-electron chi connectivity index (χ3n) is 3.59. The Bertz CT molecular complexity index is 837. The molecular weight excluding hydrogens is 362 g/mol. The van der Waals surface area contributed by atoms with E-state index in [0.29, 0.717) is 21.4 Å². The van der Waals surface area contributed by atoms with E-state index in [1.807, 2.05) is 6.92 Å². The van der Waals surface area contributed by atoms with E-state index in [2.05, 4.69) is 4.99 Å². The van der Waals surface area contributed by atoms with Gasteiger partial charge in [0.15, 0.2) is 5.17 Å². The van der Waals surface area contributed by atoms with Crippen LogP contribution < -0.4 is 4.90 Å². The largest absolute Gasteiger partial charge is 0.269 e. The minimum Gasteiger partial charge on any atom is -0.268 e. The number of aliphatic imine (C=N–C) groups is 1. The second-order valence-electron chi connectivity index (χ2n) is 5.49. The number of benzene rings is 2. The van der Waals surface area contributed by atoms with E-state index < -0.39 is 4.92 Å². The minimum absolute atomic E-state index is 0.0594. The molecule has 6 nitrogen and oxygen atoms in total. The van der Waals surface area contributed by atoms with Gasteiger partial charge in [0.2, 0.25) is 0 Å². The summed E-state index contributed by atoms with van der Waals surface area (Å²) in [7, 11) is 0. The summed E-state index contributed by atoms with van der Waals surface area (Å²) in [5.41, 5.74) is 0.937. The van der Waals surface area contributed by atoms with Gasteiger partial charge in [0.25, 0.3) is 11.6 Å². The number of hydrogen-bond donors (Lipinski definition) is 0. The van der Waals surface area contributed by atoms with Crippen LogP contribution in [0, 0.1) is 10.1 Å². The number of amidine groups is 1. The van der Waals surface area contributed by atoms with Crippen LogP contribution in [0.1, 0.15) is 17.3 Å². The maximum absolute atomic E-state index is 13.0. The predicted molar refractivity (Wildman–Crippen MR) is 101 cm³/mol. The van der Waals surface area contributed by atoms with Crippen LogP contribution in [0.4, 0.5) is 11.4 Å². The van der Waals surface area contributed by atoms with Crippen molar-refractivity contribution in [3.63, 3.8) is 0 Å². The van der Waals surface area contributed by atoms with E-state index in [9.17, 15) is 14.9 Å². The van der Waals surface area contributed by atoms with Gasteiger partial charge in [0.1, 0.15) is 0 Å². The lowest BCUT2D eigenvalue weighted by Crippen LogP contribution is -2.34. The number of carbonyl (C=O) groups excluding carboxylic acids is 1. The van der Waals surface area contributed by atoms with Crippen molar-refractivity contribution < 1.29 is 9.72 Å². The third-order valence-corrected chi connectivity index (χ3v) is 5.04. The lowest BCUT2D eigenvalue weighted by Gasteiger charge is -2.22. The van der Waals surface area contributed by atoms with Gasteiger partial charge in [0, 0.05) is 28.5 Å². The summed E-state index contributed by atoms with van der Waals surface area (Å²) in [5.74, 6) is 0.505. The quantitative estimate of drug-likeness (QED) is 0.589. The van der Waals surface area contributed by atoms with Gasteiger partial charge in [-0.3, -0.25) is 24.8 Å². The first-order valence-electron chi connectivity index (χ1n) is 7.51. The van der Waals surface area contributed by atoms with E-state index in [0.717, 1.165) is 5.75 Å². The Morgan fingerprint density at radius 3 is 2.40 bits per heavy atom. The van der Waals surface area contributed by atoms with Crippen LogP contribution in [0.2, 0.25) is 5.02 Å². The van der Waals surface area contributed by atoms with Crippen molar-refractivity contribution in [3.05, 3.63) is 69.2 Å². The molecule has 1 atom stereocenters. The monoisotopic (exact) mass is 375 g/mol. The molecule has 2 aromatic rings. The number of non-ortho nitro benzene ring substituents is 1. The maximum Gasteiger partial charge on any atom is 0.269 e. The Morgan fingerprint density at radius 2 is 1.88 bits per heavy atom. The molecular formula is C17H14ClN3O3S. The van der Waals surface area contributed by atoms with Crippen molar-refractivity contribution in [2.75, 3.05) is 10.7 Å². The van der Waals surface area contributed by atoms with E-state index in [1.54, 1.807) is 24.3 Å². The highest BCUT2D eigenvalue weighted by Crippen LogP contribution is 2.28. The molecule has 1 unspecified atom stereocenters. The highest BCUT2D eigenvalue weighted by Gasteiger charge is 2.27. The minimum atomic E-state index is -0.496. The zero-order valence-corrected chi connectivity index (χ0v) is 14.8. The summed E-state index contributed by atoms with van der Waals surface area (Å²) < 4.78 is 0. The van der Waals surface area contributed by atoms with E-state index in [-0.39, 0.29) is 17.6 Å². The molecule has 0 aliphatic carbocycles. The zero-order valence-electron chi connectivity index (χ0n) is 13.3. The number of thioether (sulfide) groups is 1. The Balaban J connectivity index is 1.98. The molecule has 0 saturated carbocycles. The molecule has 1 aliphatic heterocycles. The average Bonchev–Trinajstić information content (AvgIpc) is 3.03. The van der Waals surface area contributed by atoms with Gasteiger partial charge in [0.05, 0.1) is 16.7 Å². The number of rotatable bonds is 3. The van der Waals surface area contributed by atoms with Crippen LogP contribution in [-0.4, -0.2) is 27.8 Å². The van der Waals surface area contributed by atoms with E-state index in [1.165, 1.54) is 40.9 Å². The van der Waals surface area contributed by atoms with Gasteiger partial charge >= 0.3 is 0 Å². The summed E-state index contributed by atoms with van der Waals surface area (Å²) in [6.07, 6.45) is 0. The number of carbonyl (C=O) groups is 1. The lowest BCUT2D eigenvalue weighted by atomic mass is 10.1. The van der Waals surface area contributed by atoms with Crippen molar-refractivity contribution in [1.29, 1.82) is 0 Å². The molecule has 0 radical (unpaired) electrons. The molecule has 0 saturated heterocycles. The van der Waals surface area contributed by atoms with Crippen molar-refractivity contribution in [3.8, 4) is 0 Å². The van der Waals surface area contributed by atoms with Crippen LogP contribution in [0.5, 0.6) is 0 Å². The van der Waals surface area contributed by atoms with Crippen molar-refractivity contribution in [1.82, 2.24) is 0 Å². The number of nitrogens with zero attached hydrogens (tertiary/aromatic N) is 3. The zero-order chi connectivity index (χ0) is 18.0. The first-order valence-corrected chi connectivity index (χ1v) is 8.87. The lowest BCUT2D eigenvalue weighted by molar-refractivity contribution is -0.384. The topological polar surface area (TPSA) is 75.8 Å². The Hall–Kier alpha value is -2.38. The SMILES string of the molecule is CC1CSC(N(C(=O)c2ccc([N+](=O)[O-])cc2)c2ccc(Cl)cc2)=N1. The van der Waals surface area contributed by atoms with Gasteiger partial charge in [-0.15, -0.1) is 0 Å². The van der Waals surface area contributed by atoms with Gasteiger partial charge in [-0.1, -0.05) is 23.4 Å². The van der Waals surface area contributed by atoms with Gasteiger partial charge in [-0.25, -0.2) is 0 Å². The summed E-state index contributed by atoms with van der Waals surface area (Å²) >= 11 is 7.44. The first-order chi connectivity index (χ1) is 12.0. The molecule has 25 heavy (non-hydrogen) atoms. The molecule has 0 bridgehead atoms. The summed E-state index contributed by atoms with van der Waals surface area (Å²) in [4.78, 5) is 29.4. The molecule has 8 heteroatoms. The Morgan fingerprint density at radius 1 is 1.24 bits per heavy atom. The maximum atomic E-state index is 13.0. The van der Waals surface area contributed by atoms with E-state index in [4.69, 9.17) is 11.6 Å². The molecule has 0 aromatic heterocycles. The average molecular weight is 376 g/mol. The van der Waals surface area contributed by atoms with Gasteiger partial charge in [-0.05, 0) is 43.3 Å². The number of amides is 1. The smallest absolute Gasteiger partial charge is 0.268 e. The van der Waals surface area contributed by atoms with E-state index >= 15 is 0 Å². The summed E-state index contributed by atoms with van der Waals surface area (Å²) in [6.45, 7) is 1.98. The van der Waals surface area contributed by atoms with Crippen molar-refractivity contribution in [2.45, 2.75) is 13.0 Å². The second kappa shape index (κ2) is 7.25. The molecule has 1 amide bonds. The molecule has 0 N–H and O–H groups in total. The van der Waals surface area contributed by atoms with Crippen LogP contribution in [-0.2, 0) is 0 Å². The number of nitro benzene ring substituents is 1. The number of anilines is 1. The fourth-order valence-electron chi connectivity index (χ4n) is 2.34. The summed E-state index contributed by atoms with van der Waals surface area (Å²) in [6, 6.07) is 12.6. The third kappa shape index (κ3) is 3.83. The standard InChI is InChI=1S/C17H14ClN3O3S/c1-11-10-25-17(19-11)20(14-8-4-13(18)5-9-14)16(22)12-2-6-15(7-3-12)21(23)24/h2-9,11H,10H2,1H3. The van der Waals surface area contributed by atoms with Crippen LogP contribution in [0.25, 0.3) is 0 Å². The fourth-order valence-corrected chi connectivity index (χ4v) is 3.50. The number of halogens is 1. The van der Waals surface area contributed by atoms with Crippen LogP contribution in [0.15, 0.2) is 53.5 Å². The molecule has 3 rings (SSSR count). The molecule has 0 fully saturated rings. The van der Waals surface area contributed by atoms with Gasteiger partial charge < -0.3 is 0 Å². The van der Waals surface area contributed by atoms with Gasteiger partial charge in [-0.2, -0.15) is 0 Å².